The minimum atomic E-state index is -0.616. The van der Waals surface area contributed by atoms with E-state index in [0.717, 1.165) is 38.5 Å². The lowest BCUT2D eigenvalue weighted by atomic mass is 10.1. The quantitative estimate of drug-likeness (QED) is 0.0391. The van der Waals surface area contributed by atoms with Gasteiger partial charge in [0.15, 0.2) is 16.7 Å². The number of aromatic nitrogens is 1. The van der Waals surface area contributed by atoms with E-state index in [4.69, 9.17) is 21.3 Å². The molecule has 0 atom stereocenters. The Bertz CT molecular complexity index is 1790. The molecule has 2 aromatic heterocycles. The summed E-state index contributed by atoms with van der Waals surface area (Å²) in [6.07, 6.45) is 1.64. The first-order valence-electron chi connectivity index (χ1n) is 13.7. The molecular weight excluding hydrogens is 639 g/mol. The molecule has 0 unspecified atom stereocenters. The molecule has 0 aliphatic carbocycles. The van der Waals surface area contributed by atoms with Crippen molar-refractivity contribution < 1.29 is 27.5 Å². The first-order valence-corrected chi connectivity index (χ1v) is 15.8. The zero-order chi connectivity index (χ0) is 31.6. The van der Waals surface area contributed by atoms with Crippen LogP contribution < -0.4 is 20.7 Å². The summed E-state index contributed by atoms with van der Waals surface area (Å²) >= 11 is 7.96. The SMILES string of the molecule is COOSCCNCc1cccc(-c2cc3nccc(Oc4ccc(NC(=S)NC(=O)Cc5ccc(F)cc5)cc4F)c3s2)c1. The number of ether oxygens (including phenoxy) is 1. The minimum Gasteiger partial charge on any atom is -0.453 e. The van der Waals surface area contributed by atoms with Crippen LogP contribution in [-0.2, 0) is 27.0 Å². The highest BCUT2D eigenvalue weighted by atomic mass is 32.2. The average Bonchev–Trinajstić information content (AvgIpc) is 3.47. The molecule has 0 aliphatic heterocycles. The number of thiocarbonyl (C=S) groups is 1. The number of hydrogen-bond donors (Lipinski definition) is 3. The minimum absolute atomic E-state index is 0.00710. The maximum Gasteiger partial charge on any atom is 0.230 e. The Morgan fingerprint density at radius 2 is 1.84 bits per heavy atom. The maximum absolute atomic E-state index is 15.1. The Kier molecular flexibility index (Phi) is 11.4. The van der Waals surface area contributed by atoms with Gasteiger partial charge in [0, 0.05) is 59.8 Å². The summed E-state index contributed by atoms with van der Waals surface area (Å²) in [5.74, 6) is -0.128. The summed E-state index contributed by atoms with van der Waals surface area (Å²) < 4.78 is 39.8. The molecule has 0 radical (unpaired) electrons. The van der Waals surface area contributed by atoms with Crippen molar-refractivity contribution in [2.45, 2.75) is 13.0 Å². The van der Waals surface area contributed by atoms with Gasteiger partial charge in [-0.15, -0.1) is 11.3 Å². The molecule has 0 spiro atoms. The van der Waals surface area contributed by atoms with Crippen LogP contribution in [0.25, 0.3) is 20.7 Å². The fraction of sp³-hybridized carbons (Fsp3) is 0.156. The highest BCUT2D eigenvalue weighted by Gasteiger charge is 2.14. The van der Waals surface area contributed by atoms with E-state index in [9.17, 15) is 9.18 Å². The van der Waals surface area contributed by atoms with Crippen molar-refractivity contribution in [1.29, 1.82) is 0 Å². The van der Waals surface area contributed by atoms with Crippen molar-refractivity contribution in [3.05, 3.63) is 108 Å². The summed E-state index contributed by atoms with van der Waals surface area (Å²) in [6.45, 7) is 1.47. The van der Waals surface area contributed by atoms with E-state index in [0.29, 0.717) is 23.5 Å². The smallest absolute Gasteiger partial charge is 0.230 e. The number of thiophene rings is 1. The van der Waals surface area contributed by atoms with Crippen molar-refractivity contribution in [3.8, 4) is 21.9 Å². The molecule has 8 nitrogen and oxygen atoms in total. The normalized spacial score (nSPS) is 11.0. The van der Waals surface area contributed by atoms with Crippen LogP contribution in [0.4, 0.5) is 14.5 Å². The molecule has 45 heavy (non-hydrogen) atoms. The van der Waals surface area contributed by atoms with Crippen LogP contribution >= 0.6 is 35.6 Å². The number of anilines is 1. The number of hydrogen-bond acceptors (Lipinski definition) is 9. The standard InChI is InChI=1S/C32H28F2N4O4S3/c1-40-42-44-14-13-35-19-21-3-2-4-22(15-21)29-18-26-31(45-29)28(11-12-36-26)41-27-10-9-24(17-25(27)34)37-32(43)38-30(39)16-20-5-7-23(33)8-6-20/h2-12,15,17-18,35H,13-14,16,19H2,1H3,(H2,37,38,39,43). The van der Waals surface area contributed by atoms with E-state index in [1.807, 2.05) is 18.2 Å². The number of nitrogens with one attached hydrogen (secondary N) is 3. The van der Waals surface area contributed by atoms with Gasteiger partial charge in [0.05, 0.1) is 23.7 Å². The first-order chi connectivity index (χ1) is 21.9. The predicted molar refractivity (Wildman–Crippen MR) is 178 cm³/mol. The van der Waals surface area contributed by atoms with E-state index in [-0.39, 0.29) is 29.0 Å². The van der Waals surface area contributed by atoms with Gasteiger partial charge in [0.2, 0.25) is 5.91 Å². The van der Waals surface area contributed by atoms with Crippen molar-refractivity contribution in [3.63, 3.8) is 0 Å². The molecule has 0 saturated carbocycles. The van der Waals surface area contributed by atoms with Gasteiger partial charge >= 0.3 is 0 Å². The third kappa shape index (κ3) is 9.26. The Morgan fingerprint density at radius 3 is 2.64 bits per heavy atom. The molecule has 3 aromatic carbocycles. The molecule has 232 valence electrons. The highest BCUT2D eigenvalue weighted by Crippen LogP contribution is 2.40. The van der Waals surface area contributed by atoms with Crippen molar-refractivity contribution in [2.24, 2.45) is 0 Å². The molecule has 3 N–H and O–H groups in total. The van der Waals surface area contributed by atoms with Gasteiger partial charge in [-0.25, -0.2) is 13.7 Å². The molecule has 1 amide bonds. The number of amides is 1. The van der Waals surface area contributed by atoms with Crippen LogP contribution in [-0.4, -0.2) is 35.4 Å². The molecule has 0 saturated heterocycles. The van der Waals surface area contributed by atoms with Crippen LogP contribution in [0.3, 0.4) is 0 Å². The Labute approximate surface area is 272 Å². The Hall–Kier alpha value is -3.98. The summed E-state index contributed by atoms with van der Waals surface area (Å²) in [5.41, 5.74) is 3.89. The number of pyridine rings is 1. The predicted octanol–water partition coefficient (Wildman–Crippen LogP) is 7.41. The summed E-state index contributed by atoms with van der Waals surface area (Å²) in [4.78, 5) is 22.3. The second-order valence-corrected chi connectivity index (χ2v) is 11.9. The molecule has 13 heteroatoms. The van der Waals surface area contributed by atoms with E-state index in [1.165, 1.54) is 66.9 Å². The molecule has 0 fully saturated rings. The van der Waals surface area contributed by atoms with Crippen LogP contribution in [0, 0.1) is 11.6 Å². The second-order valence-electron chi connectivity index (χ2n) is 9.62. The third-order valence-corrected chi connectivity index (χ3v) is 8.33. The second kappa shape index (κ2) is 15.8. The molecular formula is C32H28F2N4O4S3. The van der Waals surface area contributed by atoms with E-state index in [2.05, 4.69) is 38.0 Å². The highest BCUT2D eigenvalue weighted by molar-refractivity contribution is 7.94. The van der Waals surface area contributed by atoms with Crippen molar-refractivity contribution in [2.75, 3.05) is 24.7 Å². The van der Waals surface area contributed by atoms with Gasteiger partial charge in [0.1, 0.15) is 11.6 Å². The molecule has 0 aliphatic rings. The number of halogens is 2. The number of carbonyl (C=O) groups excluding carboxylic acids is 1. The third-order valence-electron chi connectivity index (χ3n) is 6.34. The number of fused-ring (bicyclic) bond motifs is 1. The van der Waals surface area contributed by atoms with Crippen LogP contribution in [0.5, 0.6) is 11.5 Å². The van der Waals surface area contributed by atoms with E-state index < -0.39 is 5.82 Å². The zero-order valence-corrected chi connectivity index (χ0v) is 26.4. The zero-order valence-electron chi connectivity index (χ0n) is 24.0. The van der Waals surface area contributed by atoms with Crippen LogP contribution in [0.1, 0.15) is 11.1 Å². The average molecular weight is 667 g/mol. The fourth-order valence-electron chi connectivity index (χ4n) is 4.30. The molecule has 5 aromatic rings. The Morgan fingerprint density at radius 1 is 1.00 bits per heavy atom. The summed E-state index contributed by atoms with van der Waals surface area (Å²) in [7, 11) is 1.47. The van der Waals surface area contributed by atoms with Crippen LogP contribution in [0.2, 0.25) is 0 Å². The molecule has 0 bridgehead atoms. The van der Waals surface area contributed by atoms with Crippen molar-refractivity contribution >= 4 is 62.5 Å². The van der Waals surface area contributed by atoms with Gasteiger partial charge in [-0.2, -0.15) is 4.33 Å². The number of carbonyl (C=O) groups is 1. The monoisotopic (exact) mass is 666 g/mol. The van der Waals surface area contributed by atoms with Gasteiger partial charge < -0.3 is 20.7 Å². The number of benzene rings is 3. The lowest BCUT2D eigenvalue weighted by Gasteiger charge is -2.12. The molecule has 5 rings (SSSR count). The van der Waals surface area contributed by atoms with Gasteiger partial charge in [0.25, 0.3) is 0 Å². The Balaban J connectivity index is 1.21. The van der Waals surface area contributed by atoms with Crippen LogP contribution in [0.15, 0.2) is 85.1 Å². The first kappa shape index (κ1) is 32.4. The van der Waals surface area contributed by atoms with Gasteiger partial charge in [-0.3, -0.25) is 9.78 Å². The van der Waals surface area contributed by atoms with E-state index in [1.54, 1.807) is 18.3 Å². The summed E-state index contributed by atoms with van der Waals surface area (Å²) in [5, 5.41) is 8.72. The van der Waals surface area contributed by atoms with Crippen molar-refractivity contribution in [1.82, 2.24) is 15.6 Å². The summed E-state index contributed by atoms with van der Waals surface area (Å²) in [6, 6.07) is 21.8. The molecule has 2 heterocycles. The largest absolute Gasteiger partial charge is 0.453 e. The van der Waals surface area contributed by atoms with E-state index >= 15 is 4.39 Å². The lowest BCUT2D eigenvalue weighted by Crippen LogP contribution is -2.35. The topological polar surface area (TPSA) is 93.7 Å². The van der Waals surface area contributed by atoms with Gasteiger partial charge in [-0.1, -0.05) is 30.3 Å². The number of rotatable bonds is 13. The number of nitrogens with zero attached hydrogens (tertiary/aromatic N) is 1. The maximum atomic E-state index is 15.1. The van der Waals surface area contributed by atoms with Gasteiger partial charge in [-0.05, 0) is 65.3 Å². The lowest BCUT2D eigenvalue weighted by molar-refractivity contribution is -0.160. The fourth-order valence-corrected chi connectivity index (χ4v) is 5.99.